The Morgan fingerprint density at radius 2 is 2.08 bits per heavy atom. The molecule has 0 unspecified atom stereocenters. The van der Waals surface area contributed by atoms with E-state index in [9.17, 15) is 0 Å². The average Bonchev–Trinajstić information content (AvgIpc) is 2.15. The van der Waals surface area contributed by atoms with Crippen molar-refractivity contribution < 1.29 is 0 Å². The summed E-state index contributed by atoms with van der Waals surface area (Å²) < 4.78 is 0. The Balaban J connectivity index is 2.65. The van der Waals surface area contributed by atoms with Gasteiger partial charge in [-0.1, -0.05) is 30.3 Å². The Labute approximate surface area is 70.8 Å². The summed E-state index contributed by atoms with van der Waals surface area (Å²) in [5.41, 5.74) is 11.8. The first kappa shape index (κ1) is 8.43. The second-order valence-electron chi connectivity index (χ2n) is 2.45. The van der Waals surface area contributed by atoms with Crippen molar-refractivity contribution in [1.29, 1.82) is 0 Å². The lowest BCUT2D eigenvalue weighted by Gasteiger charge is -2.05. The van der Waals surface area contributed by atoms with Gasteiger partial charge in [0, 0.05) is 0 Å². The van der Waals surface area contributed by atoms with Crippen LogP contribution in [0.1, 0.15) is 18.5 Å². The van der Waals surface area contributed by atoms with E-state index in [0.29, 0.717) is 0 Å². The molecule has 0 fully saturated rings. The van der Waals surface area contributed by atoms with E-state index in [1.807, 2.05) is 37.3 Å². The first-order valence-corrected chi connectivity index (χ1v) is 3.69. The van der Waals surface area contributed by atoms with Crippen molar-refractivity contribution >= 4 is 0 Å². The van der Waals surface area contributed by atoms with Crippen LogP contribution in [-0.4, -0.2) is 0 Å². The van der Waals surface area contributed by atoms with Crippen molar-refractivity contribution in [1.82, 2.24) is 5.43 Å². The number of azide groups is 1. The van der Waals surface area contributed by atoms with Crippen LogP contribution in [0.2, 0.25) is 0 Å². The molecule has 0 saturated carbocycles. The molecule has 0 spiro atoms. The molecule has 0 aromatic heterocycles. The largest absolute Gasteiger partial charge is 0.254 e. The molecule has 62 valence electrons. The lowest BCUT2D eigenvalue weighted by molar-refractivity contribution is 0.599. The number of nitrogens with zero attached hydrogens (tertiary/aromatic N) is 3. The number of benzene rings is 1. The van der Waals surface area contributed by atoms with Crippen molar-refractivity contribution in [2.45, 2.75) is 13.0 Å². The fourth-order valence-electron chi connectivity index (χ4n) is 0.929. The van der Waals surface area contributed by atoms with Gasteiger partial charge in [-0.25, -0.2) is 0 Å². The van der Waals surface area contributed by atoms with Crippen LogP contribution in [0.15, 0.2) is 35.6 Å². The van der Waals surface area contributed by atoms with Crippen LogP contribution in [-0.2, 0) is 0 Å². The highest BCUT2D eigenvalue weighted by Gasteiger charge is 2.03. The van der Waals surface area contributed by atoms with E-state index < -0.39 is 0 Å². The summed E-state index contributed by atoms with van der Waals surface area (Å²) in [6.45, 7) is 1.93. The Kier molecular flexibility index (Phi) is 2.99. The summed E-state index contributed by atoms with van der Waals surface area (Å²) in [6.07, 6.45) is 0. The van der Waals surface area contributed by atoms with Crippen LogP contribution >= 0.6 is 0 Å². The normalized spacial score (nSPS) is 11.4. The number of hydrogen-bond acceptors (Lipinski definition) is 1. The van der Waals surface area contributed by atoms with Gasteiger partial charge in [0.1, 0.15) is 6.04 Å². The molecule has 0 aliphatic rings. The third kappa shape index (κ3) is 2.18. The van der Waals surface area contributed by atoms with E-state index in [1.165, 1.54) is 0 Å². The second-order valence-corrected chi connectivity index (χ2v) is 2.45. The van der Waals surface area contributed by atoms with E-state index >= 15 is 0 Å². The SMILES string of the molecule is C[C@@H](NN=[N+]=[N-])c1ccccc1. The first-order chi connectivity index (χ1) is 5.84. The zero-order valence-corrected chi connectivity index (χ0v) is 6.81. The molecule has 1 rings (SSSR count). The highest BCUT2D eigenvalue weighted by atomic mass is 15.4. The molecule has 0 radical (unpaired) electrons. The van der Waals surface area contributed by atoms with Crippen molar-refractivity contribution in [3.05, 3.63) is 46.3 Å². The smallest absolute Gasteiger partial charge is 0.119 e. The molecule has 4 nitrogen and oxygen atoms in total. The molecule has 0 amide bonds. The summed E-state index contributed by atoms with van der Waals surface area (Å²) in [5, 5.41) is 3.28. The summed E-state index contributed by atoms with van der Waals surface area (Å²) >= 11 is 0. The molecule has 0 aliphatic heterocycles. The highest BCUT2D eigenvalue weighted by Crippen LogP contribution is 2.10. The molecule has 1 atom stereocenters. The maximum atomic E-state index is 8.06. The van der Waals surface area contributed by atoms with Crippen LogP contribution in [0.4, 0.5) is 0 Å². The van der Waals surface area contributed by atoms with Crippen molar-refractivity contribution in [3.8, 4) is 0 Å². The molecule has 1 aromatic rings. The zero-order chi connectivity index (χ0) is 8.81. The Bertz CT molecular complexity index is 276. The van der Waals surface area contributed by atoms with Gasteiger partial charge in [-0.2, -0.15) is 4.91 Å². The molecular weight excluding hydrogens is 152 g/mol. The minimum Gasteiger partial charge on any atom is -0.254 e. The van der Waals surface area contributed by atoms with E-state index in [0.717, 1.165) is 5.56 Å². The summed E-state index contributed by atoms with van der Waals surface area (Å²) in [4.78, 5) is 2.62. The molecule has 1 aromatic carbocycles. The van der Waals surface area contributed by atoms with Gasteiger partial charge in [0.25, 0.3) is 0 Å². The van der Waals surface area contributed by atoms with Gasteiger partial charge in [-0.05, 0) is 17.7 Å². The van der Waals surface area contributed by atoms with Gasteiger partial charge < -0.3 is 0 Å². The number of rotatable bonds is 3. The Hall–Kier alpha value is -1.67. The lowest BCUT2D eigenvalue weighted by Crippen LogP contribution is -2.10. The van der Waals surface area contributed by atoms with Crippen molar-refractivity contribution in [3.63, 3.8) is 0 Å². The fourth-order valence-corrected chi connectivity index (χ4v) is 0.929. The molecule has 12 heavy (non-hydrogen) atoms. The molecule has 4 heteroatoms. The lowest BCUT2D eigenvalue weighted by atomic mass is 10.1. The van der Waals surface area contributed by atoms with Crippen LogP contribution in [0.5, 0.6) is 0 Å². The zero-order valence-electron chi connectivity index (χ0n) is 6.81. The van der Waals surface area contributed by atoms with Crippen LogP contribution in [0, 0.1) is 0 Å². The van der Waals surface area contributed by atoms with Gasteiger partial charge in [0.15, 0.2) is 0 Å². The maximum Gasteiger partial charge on any atom is 0.119 e. The minimum absolute atomic E-state index is 0.0575. The number of hydrogen-bond donors (Lipinski definition) is 1. The van der Waals surface area contributed by atoms with Crippen LogP contribution < -0.4 is 5.43 Å². The van der Waals surface area contributed by atoms with E-state index in [4.69, 9.17) is 5.53 Å². The van der Waals surface area contributed by atoms with Crippen molar-refractivity contribution in [2.24, 2.45) is 5.22 Å². The summed E-state index contributed by atoms with van der Waals surface area (Å²) in [5.74, 6) is 0. The van der Waals surface area contributed by atoms with Crippen molar-refractivity contribution in [2.75, 3.05) is 0 Å². The third-order valence-electron chi connectivity index (χ3n) is 1.60. The minimum atomic E-state index is 0.0575. The van der Waals surface area contributed by atoms with Crippen LogP contribution in [0.3, 0.4) is 0 Å². The number of nitrogens with one attached hydrogen (secondary N) is 1. The van der Waals surface area contributed by atoms with Gasteiger partial charge in [-0.3, -0.25) is 5.43 Å². The van der Waals surface area contributed by atoms with E-state index in [-0.39, 0.29) is 6.04 Å². The summed E-state index contributed by atoms with van der Waals surface area (Å²) in [7, 11) is 0. The van der Waals surface area contributed by atoms with E-state index in [1.54, 1.807) is 0 Å². The Morgan fingerprint density at radius 1 is 1.42 bits per heavy atom. The topological polar surface area (TPSA) is 60.8 Å². The first-order valence-electron chi connectivity index (χ1n) is 3.69. The molecule has 1 N–H and O–H groups in total. The molecule has 0 aliphatic carbocycles. The molecular formula is C8H10N4. The average molecular weight is 162 g/mol. The third-order valence-corrected chi connectivity index (χ3v) is 1.60. The fraction of sp³-hybridized carbons (Fsp3) is 0.250. The molecule has 0 bridgehead atoms. The maximum absolute atomic E-state index is 8.06. The van der Waals surface area contributed by atoms with Gasteiger partial charge in [0.05, 0.1) is 0 Å². The molecule has 0 heterocycles. The predicted octanol–water partition coefficient (Wildman–Crippen LogP) is 2.56. The highest BCUT2D eigenvalue weighted by molar-refractivity contribution is 5.17. The quantitative estimate of drug-likeness (QED) is 0.315. The Morgan fingerprint density at radius 3 is 2.67 bits per heavy atom. The van der Waals surface area contributed by atoms with E-state index in [2.05, 4.69) is 15.6 Å². The van der Waals surface area contributed by atoms with Gasteiger partial charge in [-0.15, -0.1) is 5.53 Å². The molecule has 0 saturated heterocycles. The van der Waals surface area contributed by atoms with Gasteiger partial charge in [0.2, 0.25) is 0 Å². The van der Waals surface area contributed by atoms with Crippen LogP contribution in [0.25, 0.3) is 10.4 Å². The van der Waals surface area contributed by atoms with Gasteiger partial charge >= 0.3 is 0 Å². The summed E-state index contributed by atoms with van der Waals surface area (Å²) in [6, 6.07) is 9.86. The standard InChI is InChI=1S/C8H10N4/c1-7(10-12-11-9)8-5-3-2-4-6-8/h2-7,10H,1H3/t7-/m1/s1. The predicted molar refractivity (Wildman–Crippen MR) is 47.1 cm³/mol. The monoisotopic (exact) mass is 162 g/mol. The second kappa shape index (κ2) is 4.26.